The number of rotatable bonds is 4. The van der Waals surface area contributed by atoms with Gasteiger partial charge in [-0.1, -0.05) is 158 Å². The number of fused-ring (bicyclic) bond motifs is 13. The van der Waals surface area contributed by atoms with Gasteiger partial charge in [0.2, 0.25) is 0 Å². The first-order valence-electron chi connectivity index (χ1n) is 21.7. The summed E-state index contributed by atoms with van der Waals surface area (Å²) in [5, 5.41) is 15.8. The highest BCUT2D eigenvalue weighted by Crippen LogP contribution is 2.44. The standard InChI is InChI=1S/C59H34N4O/c1-2-16-36-34-53-48(31-35(36)15-1)45-25-11-13-27-51(45)63(53)52-30-29-47-46-26-12-14-28-54(46)64-56(47)55(52)59-61-57(49-32-37-17-3-5-19-39(37)41-21-7-9-23-43(41)49)60-58(62-59)50-33-38-18-4-6-20-40(38)42-22-8-10-24-44(42)50/h1-34H. The lowest BCUT2D eigenvalue weighted by atomic mass is 9.96. The molecule has 0 spiro atoms. The number of nitrogens with zero attached hydrogens (tertiary/aromatic N) is 4. The lowest BCUT2D eigenvalue weighted by Gasteiger charge is -2.17. The van der Waals surface area contributed by atoms with E-state index in [1.165, 1.54) is 32.3 Å². The summed E-state index contributed by atoms with van der Waals surface area (Å²) in [5.41, 5.74) is 7.29. The second-order valence-electron chi connectivity index (χ2n) is 16.7. The van der Waals surface area contributed by atoms with E-state index in [9.17, 15) is 0 Å². The Morgan fingerprint density at radius 1 is 0.312 bits per heavy atom. The topological polar surface area (TPSA) is 56.7 Å². The average molecular weight is 815 g/mol. The van der Waals surface area contributed by atoms with E-state index in [4.69, 9.17) is 19.4 Å². The van der Waals surface area contributed by atoms with Crippen LogP contribution in [0.1, 0.15) is 0 Å². The third kappa shape index (κ3) is 5.09. The summed E-state index contributed by atoms with van der Waals surface area (Å²) >= 11 is 0. The zero-order valence-electron chi connectivity index (χ0n) is 34.3. The maximum atomic E-state index is 7.00. The molecule has 0 saturated carbocycles. The van der Waals surface area contributed by atoms with E-state index in [0.717, 1.165) is 87.7 Å². The average Bonchev–Trinajstić information content (AvgIpc) is 3.90. The third-order valence-electron chi connectivity index (χ3n) is 13.2. The fourth-order valence-corrected chi connectivity index (χ4v) is 10.3. The van der Waals surface area contributed by atoms with Crippen molar-refractivity contribution < 1.29 is 4.42 Å². The number of aromatic nitrogens is 4. The summed E-state index contributed by atoms with van der Waals surface area (Å²) in [7, 11) is 0. The van der Waals surface area contributed by atoms with Crippen LogP contribution in [-0.4, -0.2) is 19.5 Å². The lowest BCUT2D eigenvalue weighted by Crippen LogP contribution is -2.04. The Labute approximate surface area is 366 Å². The molecule has 5 heteroatoms. The van der Waals surface area contributed by atoms with Crippen LogP contribution in [0.3, 0.4) is 0 Å². The zero-order chi connectivity index (χ0) is 41.9. The molecule has 0 bridgehead atoms. The van der Waals surface area contributed by atoms with Gasteiger partial charge in [0.1, 0.15) is 11.2 Å². The summed E-state index contributed by atoms with van der Waals surface area (Å²) in [5.74, 6) is 1.71. The Kier molecular flexibility index (Phi) is 7.33. The molecule has 0 unspecified atom stereocenters. The van der Waals surface area contributed by atoms with Crippen LogP contribution in [0.15, 0.2) is 211 Å². The smallest absolute Gasteiger partial charge is 0.170 e. The minimum atomic E-state index is 0.529. The molecule has 14 rings (SSSR count). The normalized spacial score (nSPS) is 12.1. The van der Waals surface area contributed by atoms with Gasteiger partial charge in [-0.3, -0.25) is 0 Å². The van der Waals surface area contributed by atoms with Gasteiger partial charge in [0.05, 0.1) is 22.3 Å². The number of benzene rings is 11. The third-order valence-corrected chi connectivity index (χ3v) is 13.2. The van der Waals surface area contributed by atoms with E-state index in [2.05, 4.69) is 199 Å². The van der Waals surface area contributed by atoms with Crippen LogP contribution in [0.5, 0.6) is 0 Å². The minimum Gasteiger partial charge on any atom is -0.455 e. The molecule has 0 amide bonds. The zero-order valence-corrected chi connectivity index (χ0v) is 34.3. The molecule has 5 nitrogen and oxygen atoms in total. The molecule has 3 heterocycles. The van der Waals surface area contributed by atoms with Gasteiger partial charge in [0.15, 0.2) is 17.5 Å². The summed E-state index contributed by atoms with van der Waals surface area (Å²) in [6, 6.07) is 73.3. The first-order valence-corrected chi connectivity index (χ1v) is 21.7. The molecule has 0 atom stereocenters. The van der Waals surface area contributed by atoms with Crippen molar-refractivity contribution in [2.45, 2.75) is 0 Å². The molecule has 0 fully saturated rings. The van der Waals surface area contributed by atoms with E-state index in [-0.39, 0.29) is 0 Å². The monoisotopic (exact) mass is 814 g/mol. The largest absolute Gasteiger partial charge is 0.455 e. The maximum Gasteiger partial charge on any atom is 0.170 e. The molecular formula is C59H34N4O. The Balaban J connectivity index is 1.16. The lowest BCUT2D eigenvalue weighted by molar-refractivity contribution is 0.669. The number of hydrogen-bond acceptors (Lipinski definition) is 4. The minimum absolute atomic E-state index is 0.529. The van der Waals surface area contributed by atoms with E-state index in [1.807, 2.05) is 12.1 Å². The number of para-hydroxylation sites is 2. The van der Waals surface area contributed by atoms with Gasteiger partial charge in [-0.25, -0.2) is 15.0 Å². The molecule has 0 radical (unpaired) electrons. The Hall–Kier alpha value is -8.67. The van der Waals surface area contributed by atoms with Crippen molar-refractivity contribution in [1.29, 1.82) is 0 Å². The molecule has 0 aliphatic heterocycles. The SMILES string of the molecule is c1ccc2cc3c(cc2c1)c1ccccc1n3-c1ccc2c(oc3ccccc32)c1-c1nc(-c2cc3ccccc3c3ccccc23)nc(-c2cc3ccccc3c3ccccc23)n1. The van der Waals surface area contributed by atoms with Crippen LogP contribution in [0, 0.1) is 0 Å². The predicted molar refractivity (Wildman–Crippen MR) is 265 cm³/mol. The van der Waals surface area contributed by atoms with Crippen molar-refractivity contribution in [3.63, 3.8) is 0 Å². The first kappa shape index (κ1) is 35.0. The predicted octanol–water partition coefficient (Wildman–Crippen LogP) is 15.6. The van der Waals surface area contributed by atoms with E-state index in [1.54, 1.807) is 0 Å². The molecular weight excluding hydrogens is 781 g/mol. The van der Waals surface area contributed by atoms with Crippen molar-refractivity contribution in [2.24, 2.45) is 0 Å². The highest BCUT2D eigenvalue weighted by molar-refractivity contribution is 6.18. The second kappa shape index (κ2) is 13.4. The van der Waals surface area contributed by atoms with E-state index in [0.29, 0.717) is 17.5 Å². The Morgan fingerprint density at radius 2 is 0.797 bits per heavy atom. The highest BCUT2D eigenvalue weighted by atomic mass is 16.3. The van der Waals surface area contributed by atoms with Gasteiger partial charge in [-0.2, -0.15) is 0 Å². The van der Waals surface area contributed by atoms with Gasteiger partial charge >= 0.3 is 0 Å². The first-order chi connectivity index (χ1) is 31.7. The summed E-state index contributed by atoms with van der Waals surface area (Å²) < 4.78 is 9.38. The Morgan fingerprint density at radius 3 is 1.44 bits per heavy atom. The quantitative estimate of drug-likeness (QED) is 0.166. The van der Waals surface area contributed by atoms with Gasteiger partial charge in [-0.05, 0) is 102 Å². The molecule has 296 valence electrons. The van der Waals surface area contributed by atoms with Gasteiger partial charge in [0.25, 0.3) is 0 Å². The van der Waals surface area contributed by atoms with Crippen molar-refractivity contribution >= 4 is 97.6 Å². The van der Waals surface area contributed by atoms with Crippen LogP contribution >= 0.6 is 0 Å². The van der Waals surface area contributed by atoms with Crippen molar-refractivity contribution in [3.05, 3.63) is 206 Å². The highest BCUT2D eigenvalue weighted by Gasteiger charge is 2.26. The van der Waals surface area contributed by atoms with Crippen molar-refractivity contribution in [3.8, 4) is 39.9 Å². The van der Waals surface area contributed by atoms with Crippen molar-refractivity contribution in [1.82, 2.24) is 19.5 Å². The molecule has 3 aromatic heterocycles. The van der Waals surface area contributed by atoms with E-state index < -0.39 is 0 Å². The number of hydrogen-bond donors (Lipinski definition) is 0. The molecule has 0 aliphatic carbocycles. The molecule has 64 heavy (non-hydrogen) atoms. The summed E-state index contributed by atoms with van der Waals surface area (Å²) in [4.78, 5) is 16.7. The van der Waals surface area contributed by atoms with Crippen LogP contribution in [-0.2, 0) is 0 Å². The van der Waals surface area contributed by atoms with Crippen LogP contribution < -0.4 is 0 Å². The Bertz CT molecular complexity index is 4140. The van der Waals surface area contributed by atoms with Crippen LogP contribution in [0.2, 0.25) is 0 Å². The van der Waals surface area contributed by atoms with Gasteiger partial charge in [-0.15, -0.1) is 0 Å². The molecule has 0 saturated heterocycles. The summed E-state index contributed by atoms with van der Waals surface area (Å²) in [6.45, 7) is 0. The fourth-order valence-electron chi connectivity index (χ4n) is 10.3. The maximum absolute atomic E-state index is 7.00. The van der Waals surface area contributed by atoms with Crippen LogP contribution in [0.25, 0.3) is 137 Å². The van der Waals surface area contributed by atoms with Crippen molar-refractivity contribution in [2.75, 3.05) is 0 Å². The van der Waals surface area contributed by atoms with E-state index >= 15 is 0 Å². The molecule has 11 aromatic carbocycles. The molecule has 0 aliphatic rings. The molecule has 14 aromatic rings. The summed E-state index contributed by atoms with van der Waals surface area (Å²) in [6.07, 6.45) is 0. The second-order valence-corrected chi connectivity index (χ2v) is 16.7. The number of furan rings is 1. The van der Waals surface area contributed by atoms with Gasteiger partial charge in [0, 0.05) is 32.7 Å². The van der Waals surface area contributed by atoms with Crippen LogP contribution in [0.4, 0.5) is 0 Å². The fraction of sp³-hybridized carbons (Fsp3) is 0. The molecule has 0 N–H and O–H groups in total. The van der Waals surface area contributed by atoms with Gasteiger partial charge < -0.3 is 8.98 Å².